The van der Waals surface area contributed by atoms with E-state index in [0.29, 0.717) is 15.9 Å². The van der Waals surface area contributed by atoms with Crippen molar-refractivity contribution in [1.29, 1.82) is 0 Å². The van der Waals surface area contributed by atoms with Gasteiger partial charge in [0.2, 0.25) is 5.95 Å². The predicted octanol–water partition coefficient (Wildman–Crippen LogP) is 3.26. The van der Waals surface area contributed by atoms with Crippen molar-refractivity contribution in [3.63, 3.8) is 0 Å². The Hall–Kier alpha value is -1.14. The van der Waals surface area contributed by atoms with E-state index in [4.69, 9.17) is 10.5 Å². The number of nitrogen functional groups attached to an aromatic ring is 1. The molecule has 0 bridgehead atoms. The Morgan fingerprint density at radius 3 is 3.05 bits per heavy atom. The molecule has 1 fully saturated rings. The highest BCUT2D eigenvalue weighted by molar-refractivity contribution is 9.10. The number of aromatic nitrogens is 2. The van der Waals surface area contributed by atoms with Crippen LogP contribution in [0.2, 0.25) is 0 Å². The normalized spacial score (nSPS) is 21.1. The molecule has 2 heterocycles. The van der Waals surface area contributed by atoms with E-state index >= 15 is 0 Å². The molecule has 2 N–H and O–H groups in total. The van der Waals surface area contributed by atoms with E-state index in [1.165, 1.54) is 6.07 Å². The zero-order valence-electron chi connectivity index (χ0n) is 10.6. The SMILES string of the molecule is CC(C1CCCO1)n1c(N)nc2cc(F)c(Br)cc21. The molecule has 2 atom stereocenters. The largest absolute Gasteiger partial charge is 0.376 e. The third-order valence-corrected chi connectivity index (χ3v) is 4.28. The average molecular weight is 328 g/mol. The van der Waals surface area contributed by atoms with Gasteiger partial charge in [0, 0.05) is 12.7 Å². The minimum atomic E-state index is -0.332. The van der Waals surface area contributed by atoms with Gasteiger partial charge in [-0.1, -0.05) is 0 Å². The highest BCUT2D eigenvalue weighted by Gasteiger charge is 2.26. The molecule has 4 nitrogen and oxygen atoms in total. The Labute approximate surface area is 118 Å². The van der Waals surface area contributed by atoms with Crippen LogP contribution in [-0.2, 0) is 4.74 Å². The highest BCUT2D eigenvalue weighted by Crippen LogP contribution is 2.32. The van der Waals surface area contributed by atoms with Crippen LogP contribution in [0.25, 0.3) is 11.0 Å². The molecule has 0 amide bonds. The maximum atomic E-state index is 13.5. The van der Waals surface area contributed by atoms with Gasteiger partial charge < -0.3 is 15.0 Å². The van der Waals surface area contributed by atoms with Crippen molar-refractivity contribution in [2.45, 2.75) is 31.9 Å². The number of benzene rings is 1. The first-order chi connectivity index (χ1) is 9.08. The number of nitrogens with zero attached hydrogens (tertiary/aromatic N) is 2. The van der Waals surface area contributed by atoms with E-state index in [9.17, 15) is 4.39 Å². The van der Waals surface area contributed by atoms with Crippen LogP contribution in [0.5, 0.6) is 0 Å². The van der Waals surface area contributed by atoms with E-state index in [1.807, 2.05) is 4.57 Å². The number of nitrogens with two attached hydrogens (primary N) is 1. The summed E-state index contributed by atoms with van der Waals surface area (Å²) in [4.78, 5) is 4.23. The zero-order chi connectivity index (χ0) is 13.6. The molecule has 2 aromatic rings. The lowest BCUT2D eigenvalue weighted by atomic mass is 10.1. The molecule has 1 saturated heterocycles. The highest BCUT2D eigenvalue weighted by atomic mass is 79.9. The van der Waals surface area contributed by atoms with Crippen molar-refractivity contribution in [3.05, 3.63) is 22.4 Å². The van der Waals surface area contributed by atoms with Gasteiger partial charge in [-0.15, -0.1) is 0 Å². The Morgan fingerprint density at radius 1 is 1.58 bits per heavy atom. The van der Waals surface area contributed by atoms with Crippen molar-refractivity contribution < 1.29 is 9.13 Å². The lowest BCUT2D eigenvalue weighted by Crippen LogP contribution is -2.22. The number of fused-ring (bicyclic) bond motifs is 1. The van der Waals surface area contributed by atoms with Gasteiger partial charge in [-0.2, -0.15) is 0 Å². The molecule has 1 aromatic heterocycles. The lowest BCUT2D eigenvalue weighted by molar-refractivity contribution is 0.0751. The predicted molar refractivity (Wildman–Crippen MR) is 75.5 cm³/mol. The van der Waals surface area contributed by atoms with Gasteiger partial charge in [-0.25, -0.2) is 9.37 Å². The molecule has 0 aliphatic carbocycles. The summed E-state index contributed by atoms with van der Waals surface area (Å²) in [7, 11) is 0. The summed E-state index contributed by atoms with van der Waals surface area (Å²) in [5.74, 6) is 0.0671. The van der Waals surface area contributed by atoms with Crippen molar-refractivity contribution in [2.24, 2.45) is 0 Å². The summed E-state index contributed by atoms with van der Waals surface area (Å²) in [6.07, 6.45) is 2.23. The molecule has 102 valence electrons. The average Bonchev–Trinajstić information content (AvgIpc) is 2.97. The number of imidazole rings is 1. The van der Waals surface area contributed by atoms with Crippen molar-refractivity contribution >= 4 is 32.9 Å². The Balaban J connectivity index is 2.11. The van der Waals surface area contributed by atoms with E-state index in [-0.39, 0.29) is 18.0 Å². The summed E-state index contributed by atoms with van der Waals surface area (Å²) in [5.41, 5.74) is 7.38. The lowest BCUT2D eigenvalue weighted by Gasteiger charge is -2.22. The van der Waals surface area contributed by atoms with E-state index in [0.717, 1.165) is 25.0 Å². The summed E-state index contributed by atoms with van der Waals surface area (Å²) in [6, 6.07) is 3.21. The molecular weight excluding hydrogens is 313 g/mol. The van der Waals surface area contributed by atoms with E-state index in [1.54, 1.807) is 6.07 Å². The Morgan fingerprint density at radius 2 is 2.37 bits per heavy atom. The number of halogens is 2. The molecule has 1 aromatic carbocycles. The van der Waals surface area contributed by atoms with Crippen LogP contribution in [0.1, 0.15) is 25.8 Å². The topological polar surface area (TPSA) is 53.1 Å². The van der Waals surface area contributed by atoms with Crippen LogP contribution >= 0.6 is 15.9 Å². The number of hydrogen-bond donors (Lipinski definition) is 1. The number of hydrogen-bond acceptors (Lipinski definition) is 3. The van der Waals surface area contributed by atoms with Crippen LogP contribution in [0.3, 0.4) is 0 Å². The fourth-order valence-electron chi connectivity index (χ4n) is 2.69. The summed E-state index contributed by atoms with van der Waals surface area (Å²) < 4.78 is 21.6. The van der Waals surface area contributed by atoms with Crippen LogP contribution in [0.4, 0.5) is 10.3 Å². The monoisotopic (exact) mass is 327 g/mol. The fourth-order valence-corrected chi connectivity index (χ4v) is 3.02. The van der Waals surface area contributed by atoms with Gasteiger partial charge in [0.1, 0.15) is 5.82 Å². The van der Waals surface area contributed by atoms with Gasteiger partial charge >= 0.3 is 0 Å². The van der Waals surface area contributed by atoms with Gasteiger partial charge in [0.05, 0.1) is 27.7 Å². The van der Waals surface area contributed by atoms with Gasteiger partial charge in [-0.05, 0) is 41.8 Å². The zero-order valence-corrected chi connectivity index (χ0v) is 12.2. The smallest absolute Gasteiger partial charge is 0.201 e. The standard InChI is InChI=1S/C13H15BrFN3O/c1-7(12-3-2-4-19-12)18-11-5-8(14)9(15)6-10(11)17-13(18)16/h5-7,12H,2-4H2,1H3,(H2,16,17). The maximum absolute atomic E-state index is 13.5. The molecule has 3 rings (SSSR count). The number of ether oxygens (including phenoxy) is 1. The first kappa shape index (κ1) is 12.9. The Kier molecular flexibility index (Phi) is 3.22. The van der Waals surface area contributed by atoms with Crippen molar-refractivity contribution in [3.8, 4) is 0 Å². The maximum Gasteiger partial charge on any atom is 0.201 e. The first-order valence-corrected chi connectivity index (χ1v) is 7.11. The van der Waals surface area contributed by atoms with Crippen LogP contribution < -0.4 is 5.73 Å². The minimum absolute atomic E-state index is 0.0878. The van der Waals surface area contributed by atoms with Gasteiger partial charge in [0.25, 0.3) is 0 Å². The quantitative estimate of drug-likeness (QED) is 0.921. The molecule has 6 heteroatoms. The summed E-state index contributed by atoms with van der Waals surface area (Å²) >= 11 is 3.20. The third kappa shape index (κ3) is 2.12. The van der Waals surface area contributed by atoms with Gasteiger partial charge in [0.15, 0.2) is 0 Å². The second kappa shape index (κ2) is 4.76. The van der Waals surface area contributed by atoms with E-state index < -0.39 is 0 Å². The van der Waals surface area contributed by atoms with Crippen LogP contribution in [-0.4, -0.2) is 22.3 Å². The molecule has 19 heavy (non-hydrogen) atoms. The second-order valence-corrected chi connectivity index (χ2v) is 5.74. The molecule has 0 saturated carbocycles. The molecule has 1 aliphatic heterocycles. The van der Waals surface area contributed by atoms with Gasteiger partial charge in [-0.3, -0.25) is 0 Å². The van der Waals surface area contributed by atoms with E-state index in [2.05, 4.69) is 27.8 Å². The number of rotatable bonds is 2. The van der Waals surface area contributed by atoms with Crippen molar-refractivity contribution in [1.82, 2.24) is 9.55 Å². The molecule has 1 aliphatic rings. The molecule has 0 radical (unpaired) electrons. The summed E-state index contributed by atoms with van der Waals surface area (Å²) in [5, 5.41) is 0. The fraction of sp³-hybridized carbons (Fsp3) is 0.462. The molecule has 2 unspecified atom stereocenters. The Bertz CT molecular complexity index is 622. The van der Waals surface area contributed by atoms with Crippen molar-refractivity contribution in [2.75, 3.05) is 12.3 Å². The summed E-state index contributed by atoms with van der Waals surface area (Å²) in [6.45, 7) is 2.85. The minimum Gasteiger partial charge on any atom is -0.376 e. The van der Waals surface area contributed by atoms with Crippen LogP contribution in [0.15, 0.2) is 16.6 Å². The molecule has 0 spiro atoms. The van der Waals surface area contributed by atoms with Crippen LogP contribution in [0, 0.1) is 5.82 Å². The third-order valence-electron chi connectivity index (χ3n) is 3.67. The first-order valence-electron chi connectivity index (χ1n) is 6.32. The second-order valence-electron chi connectivity index (χ2n) is 4.89. The number of anilines is 1. The molecular formula is C13H15BrFN3O.